The molecule has 6 rings (SSSR count). The number of aromatic amines is 1. The van der Waals surface area contributed by atoms with Gasteiger partial charge >= 0.3 is 0 Å². The van der Waals surface area contributed by atoms with Crippen LogP contribution in [-0.4, -0.2) is 51.5 Å². The van der Waals surface area contributed by atoms with Crippen LogP contribution in [0.4, 0.5) is 11.4 Å². The minimum atomic E-state index is -0.315. The maximum Gasteiger partial charge on any atom is 0.269 e. The number of nitrogens with two attached hydrogens (primary N) is 1. The summed E-state index contributed by atoms with van der Waals surface area (Å²) in [6, 6.07) is 16.0. The van der Waals surface area contributed by atoms with Crippen molar-refractivity contribution in [1.82, 2.24) is 19.4 Å². The number of rotatable bonds is 6. The lowest BCUT2D eigenvalue weighted by molar-refractivity contribution is 0.0884. The molecule has 3 aromatic heterocycles. The number of nitrogens with one attached hydrogen (secondary N) is 2. The van der Waals surface area contributed by atoms with Crippen LogP contribution in [0, 0.1) is 0 Å². The maximum atomic E-state index is 12.5. The molecule has 40 heavy (non-hydrogen) atoms. The number of aromatic nitrogens is 3. The van der Waals surface area contributed by atoms with Gasteiger partial charge in [0.1, 0.15) is 5.65 Å². The quantitative estimate of drug-likeness (QED) is 0.209. The molecule has 4 heterocycles. The summed E-state index contributed by atoms with van der Waals surface area (Å²) in [6.07, 6.45) is 7.39. The van der Waals surface area contributed by atoms with Crippen LogP contribution in [-0.2, 0) is 6.54 Å². The molecular formula is C30H29Cl2N7O. The number of benzene rings is 2. The van der Waals surface area contributed by atoms with Crippen molar-refractivity contribution in [1.29, 1.82) is 0 Å². The molecule has 1 fully saturated rings. The largest absolute Gasteiger partial charge is 0.378 e. The van der Waals surface area contributed by atoms with Crippen molar-refractivity contribution in [3.63, 3.8) is 0 Å². The minimum Gasteiger partial charge on any atom is -0.378 e. The van der Waals surface area contributed by atoms with Crippen LogP contribution < -0.4 is 16.0 Å². The highest BCUT2D eigenvalue weighted by Crippen LogP contribution is 2.38. The molecule has 0 spiro atoms. The zero-order valence-electron chi connectivity index (χ0n) is 22.0. The molecule has 1 atom stereocenters. The molecule has 0 radical (unpaired) electrons. The monoisotopic (exact) mass is 573 g/mol. The number of amides is 1. The number of hydrogen-bond donors (Lipinski definition) is 3. The first-order valence-electron chi connectivity index (χ1n) is 13.2. The lowest BCUT2D eigenvalue weighted by Crippen LogP contribution is -2.43. The van der Waals surface area contributed by atoms with Crippen LogP contribution in [0.1, 0.15) is 28.8 Å². The fourth-order valence-electron chi connectivity index (χ4n) is 5.41. The third-order valence-corrected chi connectivity index (χ3v) is 7.74. The molecule has 2 aromatic carbocycles. The van der Waals surface area contributed by atoms with Gasteiger partial charge in [-0.15, -0.1) is 0 Å². The SMILES string of the molecule is CN(Cl)C(=O)c1cnc2[nH]cc(-c3ccc4ncc(NCc5cccc(Cl)c5)c(N5CCC[C@H](N)C5)c4c3)c2c1. The fraction of sp³-hybridized carbons (Fsp3) is 0.233. The Morgan fingerprint density at radius 3 is 2.85 bits per heavy atom. The molecule has 0 saturated carbocycles. The van der Waals surface area contributed by atoms with E-state index in [9.17, 15) is 4.79 Å². The molecule has 10 heteroatoms. The van der Waals surface area contributed by atoms with E-state index in [1.54, 1.807) is 0 Å². The van der Waals surface area contributed by atoms with E-state index in [1.165, 1.54) is 13.2 Å². The van der Waals surface area contributed by atoms with Crippen LogP contribution in [0.5, 0.6) is 0 Å². The molecule has 0 bridgehead atoms. The highest BCUT2D eigenvalue weighted by atomic mass is 35.5. The van der Waals surface area contributed by atoms with Crippen molar-refractivity contribution < 1.29 is 4.79 Å². The summed E-state index contributed by atoms with van der Waals surface area (Å²) in [7, 11) is 1.51. The van der Waals surface area contributed by atoms with Crippen molar-refractivity contribution in [3.05, 3.63) is 83.3 Å². The second-order valence-electron chi connectivity index (χ2n) is 10.2. The van der Waals surface area contributed by atoms with Gasteiger partial charge in [-0.25, -0.2) is 4.98 Å². The van der Waals surface area contributed by atoms with Gasteiger partial charge in [-0.2, -0.15) is 0 Å². The van der Waals surface area contributed by atoms with Crippen molar-refractivity contribution in [2.75, 3.05) is 30.4 Å². The van der Waals surface area contributed by atoms with E-state index < -0.39 is 0 Å². The number of fused-ring (bicyclic) bond motifs is 2. The van der Waals surface area contributed by atoms with Crippen LogP contribution in [0.25, 0.3) is 33.1 Å². The zero-order valence-corrected chi connectivity index (χ0v) is 23.5. The molecule has 8 nitrogen and oxygen atoms in total. The topological polar surface area (TPSA) is 103 Å². The average molecular weight is 575 g/mol. The Kier molecular flexibility index (Phi) is 7.23. The van der Waals surface area contributed by atoms with Gasteiger partial charge in [0.2, 0.25) is 0 Å². The number of carbonyl (C=O) groups is 1. The van der Waals surface area contributed by atoms with Crippen LogP contribution in [0.2, 0.25) is 5.02 Å². The summed E-state index contributed by atoms with van der Waals surface area (Å²) in [4.78, 5) is 27.4. The third kappa shape index (κ3) is 5.18. The molecule has 0 unspecified atom stereocenters. The molecule has 1 amide bonds. The number of nitrogens with zero attached hydrogens (tertiary/aromatic N) is 4. The Morgan fingerprint density at radius 2 is 2.05 bits per heavy atom. The molecule has 1 aliphatic rings. The van der Waals surface area contributed by atoms with E-state index >= 15 is 0 Å². The smallest absolute Gasteiger partial charge is 0.269 e. The molecule has 4 N–H and O–H groups in total. The lowest BCUT2D eigenvalue weighted by atomic mass is 9.99. The average Bonchev–Trinajstić information content (AvgIpc) is 3.38. The zero-order chi connectivity index (χ0) is 27.8. The van der Waals surface area contributed by atoms with Gasteiger partial charge in [0.15, 0.2) is 0 Å². The van der Waals surface area contributed by atoms with Gasteiger partial charge < -0.3 is 20.9 Å². The first kappa shape index (κ1) is 26.4. The summed E-state index contributed by atoms with van der Waals surface area (Å²) in [5.74, 6) is -0.315. The summed E-state index contributed by atoms with van der Waals surface area (Å²) in [5.41, 5.74) is 13.5. The molecule has 1 aliphatic heterocycles. The number of halogens is 2. The van der Waals surface area contributed by atoms with Gasteiger partial charge in [0, 0.05) is 78.3 Å². The molecule has 204 valence electrons. The fourth-order valence-corrected chi connectivity index (χ4v) is 5.72. The Morgan fingerprint density at radius 1 is 1.18 bits per heavy atom. The van der Waals surface area contributed by atoms with Crippen molar-refractivity contribution in [2.24, 2.45) is 5.73 Å². The van der Waals surface area contributed by atoms with E-state index in [1.807, 2.05) is 54.9 Å². The number of carbonyl (C=O) groups excluding carboxylic acids is 1. The predicted molar refractivity (Wildman–Crippen MR) is 163 cm³/mol. The van der Waals surface area contributed by atoms with Crippen LogP contribution >= 0.6 is 23.4 Å². The van der Waals surface area contributed by atoms with E-state index in [2.05, 4.69) is 26.3 Å². The number of anilines is 2. The second-order valence-corrected chi connectivity index (χ2v) is 11.1. The maximum absolute atomic E-state index is 12.5. The number of hydrogen-bond acceptors (Lipinski definition) is 6. The van der Waals surface area contributed by atoms with E-state index in [-0.39, 0.29) is 11.9 Å². The molecular weight excluding hydrogens is 545 g/mol. The lowest BCUT2D eigenvalue weighted by Gasteiger charge is -2.34. The third-order valence-electron chi connectivity index (χ3n) is 7.35. The number of piperidine rings is 1. The van der Waals surface area contributed by atoms with Crippen LogP contribution in [0.3, 0.4) is 0 Å². The minimum absolute atomic E-state index is 0.108. The van der Waals surface area contributed by atoms with Gasteiger partial charge in [0.05, 0.1) is 28.7 Å². The van der Waals surface area contributed by atoms with E-state index in [0.29, 0.717) is 22.8 Å². The van der Waals surface area contributed by atoms with Gasteiger partial charge in [-0.05, 0) is 54.3 Å². The summed E-state index contributed by atoms with van der Waals surface area (Å²) in [5, 5.41) is 6.17. The molecule has 0 aliphatic carbocycles. The van der Waals surface area contributed by atoms with Crippen molar-refractivity contribution >= 4 is 62.6 Å². The van der Waals surface area contributed by atoms with Crippen LogP contribution in [0.15, 0.2) is 67.1 Å². The van der Waals surface area contributed by atoms with Crippen molar-refractivity contribution in [3.8, 4) is 11.1 Å². The molecule has 5 aromatic rings. The number of pyridine rings is 2. The predicted octanol–water partition coefficient (Wildman–Crippen LogP) is 6.20. The Balaban J connectivity index is 1.46. The Hall–Kier alpha value is -3.85. The highest BCUT2D eigenvalue weighted by Gasteiger charge is 2.23. The van der Waals surface area contributed by atoms with E-state index in [0.717, 1.165) is 74.7 Å². The standard InChI is InChI=1S/C30H29Cl2N7O/c1-38(32)30(40)20-12-23-25(15-37-29(23)36-14-20)19-7-8-26-24(11-19)28(39-9-3-6-22(33)17-39)27(16-35-26)34-13-18-4-2-5-21(31)10-18/h2,4-5,7-8,10-12,14-16,22,34H,3,6,9,13,17,33H2,1H3,(H,36,37)/t22-/m0/s1. The van der Waals surface area contributed by atoms with E-state index in [4.69, 9.17) is 34.1 Å². The normalized spacial score (nSPS) is 15.5. The highest BCUT2D eigenvalue weighted by molar-refractivity contribution is 6.30. The summed E-state index contributed by atoms with van der Waals surface area (Å²) < 4.78 is 1.03. The van der Waals surface area contributed by atoms with Gasteiger partial charge in [-0.1, -0.05) is 29.8 Å². The molecule has 1 saturated heterocycles. The first-order chi connectivity index (χ1) is 19.4. The van der Waals surface area contributed by atoms with Crippen molar-refractivity contribution in [2.45, 2.75) is 25.4 Å². The van der Waals surface area contributed by atoms with Gasteiger partial charge in [0.25, 0.3) is 5.91 Å². The second kappa shape index (κ2) is 11.0. The summed E-state index contributed by atoms with van der Waals surface area (Å²) >= 11 is 12.1. The first-order valence-corrected chi connectivity index (χ1v) is 13.9. The Bertz CT molecular complexity index is 1720. The Labute approximate surface area is 242 Å². The number of H-pyrrole nitrogens is 1. The van der Waals surface area contributed by atoms with Gasteiger partial charge in [-0.3, -0.25) is 14.2 Å². The summed E-state index contributed by atoms with van der Waals surface area (Å²) in [6.45, 7) is 2.29.